The Labute approximate surface area is 134 Å². The van der Waals surface area contributed by atoms with Gasteiger partial charge >= 0.3 is 0 Å². The van der Waals surface area contributed by atoms with E-state index >= 15 is 0 Å². The SMILES string of the molecule is CCOc1cc(C)c(CN2C[C@H]3C[C@H](O)[C@H]3C2)cc1C(C)C. The molecule has 1 aliphatic carbocycles. The third kappa shape index (κ3) is 2.89. The number of hydrogen-bond donors (Lipinski definition) is 1. The van der Waals surface area contributed by atoms with Gasteiger partial charge in [-0.3, -0.25) is 4.90 Å². The summed E-state index contributed by atoms with van der Waals surface area (Å²) in [6.07, 6.45) is 0.948. The molecule has 22 heavy (non-hydrogen) atoms. The zero-order valence-corrected chi connectivity index (χ0v) is 14.3. The maximum atomic E-state index is 9.83. The molecule has 1 saturated carbocycles. The predicted octanol–water partition coefficient (Wildman–Crippen LogP) is 3.33. The Kier molecular flexibility index (Phi) is 4.47. The second-order valence-electron chi connectivity index (χ2n) is 7.33. The lowest BCUT2D eigenvalue weighted by atomic mass is 9.74. The summed E-state index contributed by atoms with van der Waals surface area (Å²) >= 11 is 0. The normalized spacial score (nSPS) is 27.8. The monoisotopic (exact) mass is 303 g/mol. The first kappa shape index (κ1) is 15.8. The van der Waals surface area contributed by atoms with Crippen molar-refractivity contribution in [2.75, 3.05) is 19.7 Å². The molecule has 1 aromatic rings. The lowest BCUT2D eigenvalue weighted by Gasteiger charge is -2.35. The molecule has 3 rings (SSSR count). The van der Waals surface area contributed by atoms with Crippen LogP contribution >= 0.6 is 0 Å². The topological polar surface area (TPSA) is 32.7 Å². The van der Waals surface area contributed by atoms with Gasteiger partial charge in [0, 0.05) is 25.6 Å². The number of aliphatic hydroxyl groups is 1. The molecule has 1 saturated heterocycles. The summed E-state index contributed by atoms with van der Waals surface area (Å²) in [5, 5.41) is 9.83. The summed E-state index contributed by atoms with van der Waals surface area (Å²) in [5.74, 6) is 2.75. The average Bonchev–Trinajstić information content (AvgIpc) is 2.78. The zero-order chi connectivity index (χ0) is 15.9. The molecule has 2 fully saturated rings. The van der Waals surface area contributed by atoms with Gasteiger partial charge in [-0.05, 0) is 54.9 Å². The lowest BCUT2D eigenvalue weighted by molar-refractivity contribution is -0.00435. The quantitative estimate of drug-likeness (QED) is 0.905. The minimum Gasteiger partial charge on any atom is -0.494 e. The predicted molar refractivity (Wildman–Crippen MR) is 89.3 cm³/mol. The van der Waals surface area contributed by atoms with Gasteiger partial charge in [0.1, 0.15) is 5.75 Å². The third-order valence-corrected chi connectivity index (χ3v) is 5.39. The number of fused-ring (bicyclic) bond motifs is 1. The molecule has 0 aromatic heterocycles. The molecule has 1 heterocycles. The van der Waals surface area contributed by atoms with E-state index in [1.165, 1.54) is 16.7 Å². The molecule has 1 aliphatic heterocycles. The Morgan fingerprint density at radius 3 is 2.68 bits per heavy atom. The Morgan fingerprint density at radius 1 is 1.32 bits per heavy atom. The van der Waals surface area contributed by atoms with Crippen LogP contribution < -0.4 is 4.74 Å². The lowest BCUT2D eigenvalue weighted by Crippen LogP contribution is -2.39. The smallest absolute Gasteiger partial charge is 0.123 e. The van der Waals surface area contributed by atoms with E-state index < -0.39 is 0 Å². The molecule has 0 unspecified atom stereocenters. The van der Waals surface area contributed by atoms with Gasteiger partial charge in [0.2, 0.25) is 0 Å². The van der Waals surface area contributed by atoms with Crippen molar-refractivity contribution in [2.45, 2.75) is 52.7 Å². The summed E-state index contributed by atoms with van der Waals surface area (Å²) in [4.78, 5) is 2.51. The van der Waals surface area contributed by atoms with Crippen LogP contribution in [-0.2, 0) is 6.54 Å². The van der Waals surface area contributed by atoms with Crippen molar-refractivity contribution in [1.82, 2.24) is 4.90 Å². The van der Waals surface area contributed by atoms with Crippen LogP contribution in [0.1, 0.15) is 49.8 Å². The highest BCUT2D eigenvalue weighted by atomic mass is 16.5. The minimum absolute atomic E-state index is 0.0531. The molecule has 0 spiro atoms. The molecule has 1 N–H and O–H groups in total. The molecule has 3 atom stereocenters. The van der Waals surface area contributed by atoms with Crippen LogP contribution in [0.3, 0.4) is 0 Å². The van der Waals surface area contributed by atoms with Crippen molar-refractivity contribution in [1.29, 1.82) is 0 Å². The van der Waals surface area contributed by atoms with Crippen LogP contribution in [0.5, 0.6) is 5.75 Å². The van der Waals surface area contributed by atoms with E-state index in [9.17, 15) is 5.11 Å². The van der Waals surface area contributed by atoms with E-state index in [1.807, 2.05) is 6.92 Å². The first-order chi connectivity index (χ1) is 10.5. The zero-order valence-electron chi connectivity index (χ0n) is 14.3. The van der Waals surface area contributed by atoms with E-state index in [-0.39, 0.29) is 6.10 Å². The van der Waals surface area contributed by atoms with E-state index in [1.54, 1.807) is 0 Å². The van der Waals surface area contributed by atoms with Gasteiger partial charge in [-0.15, -0.1) is 0 Å². The minimum atomic E-state index is -0.0531. The Balaban J connectivity index is 1.77. The fourth-order valence-electron chi connectivity index (χ4n) is 3.98. The molecular weight excluding hydrogens is 274 g/mol. The van der Waals surface area contributed by atoms with Crippen LogP contribution in [0.2, 0.25) is 0 Å². The molecular formula is C19H29NO2. The van der Waals surface area contributed by atoms with Crippen LogP contribution in [0, 0.1) is 18.8 Å². The maximum Gasteiger partial charge on any atom is 0.123 e. The van der Waals surface area contributed by atoms with Gasteiger partial charge in [-0.2, -0.15) is 0 Å². The summed E-state index contributed by atoms with van der Waals surface area (Å²) < 4.78 is 5.82. The Bertz CT molecular complexity index is 540. The summed E-state index contributed by atoms with van der Waals surface area (Å²) in [7, 11) is 0. The van der Waals surface area contributed by atoms with Gasteiger partial charge in [-0.1, -0.05) is 19.9 Å². The van der Waals surface area contributed by atoms with Crippen LogP contribution in [0.15, 0.2) is 12.1 Å². The fraction of sp³-hybridized carbons (Fsp3) is 0.684. The second kappa shape index (κ2) is 6.21. The molecule has 0 radical (unpaired) electrons. The molecule has 0 bridgehead atoms. The van der Waals surface area contributed by atoms with Crippen LogP contribution in [-0.4, -0.2) is 35.8 Å². The number of likely N-dealkylation sites (tertiary alicyclic amines) is 1. The first-order valence-electron chi connectivity index (χ1n) is 8.66. The Morgan fingerprint density at radius 2 is 2.09 bits per heavy atom. The number of nitrogens with zero attached hydrogens (tertiary/aromatic N) is 1. The van der Waals surface area contributed by atoms with Gasteiger partial charge in [0.05, 0.1) is 12.7 Å². The van der Waals surface area contributed by atoms with Gasteiger partial charge in [0.25, 0.3) is 0 Å². The maximum absolute atomic E-state index is 9.83. The number of benzene rings is 1. The van der Waals surface area contributed by atoms with Gasteiger partial charge in [0.15, 0.2) is 0 Å². The summed E-state index contributed by atoms with van der Waals surface area (Å²) in [6, 6.07) is 4.54. The number of hydrogen-bond acceptors (Lipinski definition) is 3. The molecule has 1 aromatic carbocycles. The fourth-order valence-corrected chi connectivity index (χ4v) is 3.98. The van der Waals surface area contributed by atoms with Crippen molar-refractivity contribution >= 4 is 0 Å². The largest absolute Gasteiger partial charge is 0.494 e. The highest BCUT2D eigenvalue weighted by Crippen LogP contribution is 2.41. The first-order valence-corrected chi connectivity index (χ1v) is 8.66. The van der Waals surface area contributed by atoms with Crippen molar-refractivity contribution in [3.63, 3.8) is 0 Å². The molecule has 122 valence electrons. The van der Waals surface area contributed by atoms with Crippen molar-refractivity contribution in [3.8, 4) is 5.75 Å². The summed E-state index contributed by atoms with van der Waals surface area (Å²) in [5.41, 5.74) is 4.03. The molecule has 0 amide bonds. The van der Waals surface area contributed by atoms with E-state index in [0.717, 1.165) is 37.7 Å². The molecule has 2 aliphatic rings. The molecule has 3 heteroatoms. The van der Waals surface area contributed by atoms with Crippen molar-refractivity contribution < 1.29 is 9.84 Å². The van der Waals surface area contributed by atoms with Crippen molar-refractivity contribution in [3.05, 3.63) is 28.8 Å². The average molecular weight is 303 g/mol. The van der Waals surface area contributed by atoms with E-state index in [2.05, 4.69) is 37.8 Å². The van der Waals surface area contributed by atoms with Gasteiger partial charge in [-0.25, -0.2) is 0 Å². The third-order valence-electron chi connectivity index (χ3n) is 5.39. The van der Waals surface area contributed by atoms with Crippen molar-refractivity contribution in [2.24, 2.45) is 11.8 Å². The number of ether oxygens (including phenoxy) is 1. The number of rotatable bonds is 5. The van der Waals surface area contributed by atoms with Gasteiger partial charge < -0.3 is 9.84 Å². The van der Waals surface area contributed by atoms with E-state index in [4.69, 9.17) is 4.74 Å². The Hall–Kier alpha value is -1.06. The standard InChI is InChI=1S/C19H29NO2/c1-5-22-19-6-13(4)14(7-16(19)12(2)3)9-20-10-15-8-18(21)17(15)11-20/h6-7,12,15,17-18,21H,5,8-11H2,1-4H3/t15-,17+,18+/m1/s1. The van der Waals surface area contributed by atoms with E-state index in [0.29, 0.717) is 18.4 Å². The highest BCUT2D eigenvalue weighted by molar-refractivity contribution is 5.44. The second-order valence-corrected chi connectivity index (χ2v) is 7.33. The molecule has 3 nitrogen and oxygen atoms in total. The number of aliphatic hydroxyl groups excluding tert-OH is 1. The van der Waals surface area contributed by atoms with Crippen LogP contribution in [0.25, 0.3) is 0 Å². The van der Waals surface area contributed by atoms with Crippen LogP contribution in [0.4, 0.5) is 0 Å². The highest BCUT2D eigenvalue weighted by Gasteiger charge is 2.45. The summed E-state index contributed by atoms with van der Waals surface area (Å²) in [6.45, 7) is 12.6. The number of aryl methyl sites for hydroxylation is 1.